The third-order valence-corrected chi connectivity index (χ3v) is 20.1. The predicted molar refractivity (Wildman–Crippen MR) is 375 cm³/mol. The minimum Gasteiger partial charge on any atom is -0.512 e. The molecule has 109 heavy (non-hydrogen) atoms. The number of hydrogen-bond donors (Lipinski definition) is 21. The number of carbonyl (C=O) groups is 8. The normalized spacial score (nSPS) is 29.9. The molecule has 6 amide bonds. The van der Waals surface area contributed by atoms with Crippen molar-refractivity contribution in [2.24, 2.45) is 5.73 Å². The molecule has 0 saturated carbocycles. The van der Waals surface area contributed by atoms with Crippen LogP contribution in [-0.2, 0) is 59.1 Å². The molecular weight excluding hydrogens is 1480 g/mol. The second-order valence-electron chi connectivity index (χ2n) is 26.8. The number of amides is 6. The molecule has 19 atom stereocenters. The molecule has 0 spiro atoms. The lowest BCUT2D eigenvalue weighted by Crippen LogP contribution is -2.72. The largest absolute Gasteiger partial charge is 0.512 e. The summed E-state index contributed by atoms with van der Waals surface area (Å²) in [6.45, 7) is 2.57. The summed E-state index contributed by atoms with van der Waals surface area (Å²) in [6, 6.07) is 3.90. The lowest BCUT2D eigenvalue weighted by molar-refractivity contribution is -0.341. The van der Waals surface area contributed by atoms with Crippen molar-refractivity contribution in [1.82, 2.24) is 37.2 Å². The van der Waals surface area contributed by atoms with Gasteiger partial charge in [0.05, 0.1) is 47.2 Å². The molecule has 35 nitrogen and oxygen atoms in total. The SMILES string of the molecule is C=CCOc1cccc(CNC2(C)C(O)C(CO)OC(OC3C(c4c5cc6cc4Oc4ccc(cc4Cl)C(O)C4NC(=O)C(NC(=O)C6NC(=O)C(CC(N)=O)NC(=O)C(NCCC(=O)O)C(O)c6ccc(c(Cl)c6)O5)C5=CC=C(O)C(C5)c5c(O)cc(O)cc5C(C(=O)O)NC4=O)OC(CO)C(O)C3O)C2O)c1. The first-order chi connectivity index (χ1) is 51.8. The minimum atomic E-state index is -2.39. The zero-order valence-electron chi connectivity index (χ0n) is 57.4. The highest BCUT2D eigenvalue weighted by Crippen LogP contribution is 2.51. The van der Waals surface area contributed by atoms with E-state index in [1.54, 1.807) is 24.3 Å². The van der Waals surface area contributed by atoms with E-state index in [1.807, 2.05) is 0 Å². The second-order valence-corrected chi connectivity index (χ2v) is 27.6. The van der Waals surface area contributed by atoms with Crippen LogP contribution in [0.1, 0.15) is 101 Å². The van der Waals surface area contributed by atoms with Crippen molar-refractivity contribution >= 4 is 70.6 Å². The van der Waals surface area contributed by atoms with Crippen LogP contribution in [0.2, 0.25) is 10.0 Å². The standard InChI is InChI=1S/C72H78Cl2N8O27/c1-3-15-104-34-6-4-5-28(16-34)25-77-72(2)63(95)47(27-84)108-71(64(72)96)109-62-60(94)59(93)46(26-83)107-61(62)51-44-20-32-21-45(51)106-43-12-9-31(19-38(43)74)58(92)56-69(101)81-54(70(102)103)36-22-33(85)23-41(87)50(36)35-17-29(7-10-40(35)86)52(66(98)82-56)80-67(99)53(32)79-65(97)39(24-48(75)88)78-68(100)55(76-14-13-49(89)90)57(91)30-8-11-42(105-44)37(73)18-30/h3-12,16,18-23,35,39,46-47,52-64,71,76-77,83-87,91-96H,1,13-15,17,24-27H2,2H3,(H2,75,88)(H,78,100)(H,79,97)(H,80,99)(H,81,101)(H,82,98)(H,89,90)(H,102,103). The van der Waals surface area contributed by atoms with Crippen LogP contribution in [0.25, 0.3) is 0 Å². The Morgan fingerprint density at radius 2 is 1.35 bits per heavy atom. The number of nitrogens with one attached hydrogen (secondary N) is 7. The van der Waals surface area contributed by atoms with Crippen molar-refractivity contribution in [3.05, 3.63) is 170 Å². The van der Waals surface area contributed by atoms with Gasteiger partial charge in [-0.3, -0.25) is 33.6 Å². The number of aliphatic carboxylic acids is 2. The second kappa shape index (κ2) is 33.4. The number of rotatable bonds is 18. The summed E-state index contributed by atoms with van der Waals surface area (Å²) in [7, 11) is 0. The molecule has 2 saturated heterocycles. The highest BCUT2D eigenvalue weighted by Gasteiger charge is 2.57. The van der Waals surface area contributed by atoms with E-state index >= 15 is 14.4 Å². The van der Waals surface area contributed by atoms with Crippen molar-refractivity contribution < 1.29 is 133 Å². The Morgan fingerprint density at radius 3 is 1.97 bits per heavy atom. The highest BCUT2D eigenvalue weighted by atomic mass is 35.5. The summed E-state index contributed by atoms with van der Waals surface area (Å²) in [5, 5.41) is 167. The number of phenolic OH excluding ortho intramolecular Hbond substituents is 2. The monoisotopic (exact) mass is 1560 g/mol. The van der Waals surface area contributed by atoms with Crippen molar-refractivity contribution in [1.29, 1.82) is 0 Å². The van der Waals surface area contributed by atoms with Crippen LogP contribution in [-0.4, -0.2) is 219 Å². The van der Waals surface area contributed by atoms with Gasteiger partial charge in [-0.1, -0.05) is 66.2 Å². The summed E-state index contributed by atoms with van der Waals surface area (Å²) >= 11 is 14.2. The molecule has 7 heterocycles. The molecule has 0 aromatic heterocycles. The van der Waals surface area contributed by atoms with Gasteiger partial charge in [-0.15, -0.1) is 0 Å². The first-order valence-corrected chi connectivity index (χ1v) is 34.7. The number of aliphatic hydroxyl groups excluding tert-OH is 9. The van der Waals surface area contributed by atoms with Crippen LogP contribution in [0.15, 0.2) is 121 Å². The molecule has 5 aromatic carbocycles. The summed E-state index contributed by atoms with van der Waals surface area (Å²) in [4.78, 5) is 115. The molecular formula is C72H78Cl2N8O27. The number of primary amides is 1. The summed E-state index contributed by atoms with van der Waals surface area (Å²) in [5.41, 5.74) is 1.67. The Hall–Kier alpha value is -10.1. The van der Waals surface area contributed by atoms with Crippen molar-refractivity contribution in [3.63, 3.8) is 0 Å². The number of benzene rings is 5. The minimum absolute atomic E-state index is 0.0945. The Labute approximate surface area is 628 Å². The van der Waals surface area contributed by atoms with Gasteiger partial charge in [0.2, 0.25) is 35.4 Å². The fourth-order valence-electron chi connectivity index (χ4n) is 13.8. The number of aliphatic hydroxyl groups is 9. The first kappa shape index (κ1) is 80.0. The summed E-state index contributed by atoms with van der Waals surface area (Å²) in [6.07, 6.45) is -20.9. The molecule has 7 aliphatic heterocycles. The van der Waals surface area contributed by atoms with E-state index in [-0.39, 0.29) is 29.9 Å². The summed E-state index contributed by atoms with van der Waals surface area (Å²) in [5.74, 6) is -16.9. The van der Waals surface area contributed by atoms with Crippen LogP contribution in [0.4, 0.5) is 0 Å². The maximum absolute atomic E-state index is 16.2. The highest BCUT2D eigenvalue weighted by molar-refractivity contribution is 6.32. The molecule has 2 fully saturated rings. The lowest BCUT2D eigenvalue weighted by atomic mass is 9.79. The van der Waals surface area contributed by atoms with Gasteiger partial charge in [0.15, 0.2) is 12.3 Å². The Kier molecular flexibility index (Phi) is 24.5. The van der Waals surface area contributed by atoms with E-state index in [0.29, 0.717) is 11.3 Å². The molecule has 8 aliphatic rings. The number of allylic oxidation sites excluding steroid dienone is 3. The Bertz CT molecular complexity index is 4450. The molecule has 582 valence electrons. The third kappa shape index (κ3) is 16.9. The molecule has 11 bridgehead atoms. The number of halogens is 2. The maximum atomic E-state index is 16.2. The van der Waals surface area contributed by atoms with Crippen LogP contribution in [0.3, 0.4) is 0 Å². The number of nitrogens with two attached hydrogens (primary N) is 1. The summed E-state index contributed by atoms with van der Waals surface area (Å²) < 4.78 is 38.4. The van der Waals surface area contributed by atoms with Crippen molar-refractivity contribution in [3.8, 4) is 40.2 Å². The van der Waals surface area contributed by atoms with Crippen LogP contribution < -0.4 is 57.2 Å². The van der Waals surface area contributed by atoms with Crippen LogP contribution in [0, 0.1) is 0 Å². The first-order valence-electron chi connectivity index (χ1n) is 33.9. The molecule has 22 N–H and O–H groups in total. The topological polar surface area (TPSA) is 565 Å². The quantitative estimate of drug-likeness (QED) is 0.0510. The maximum Gasteiger partial charge on any atom is 0.330 e. The smallest absolute Gasteiger partial charge is 0.330 e. The van der Waals surface area contributed by atoms with E-state index in [9.17, 15) is 90.4 Å². The molecule has 1 aliphatic carbocycles. The molecule has 0 radical (unpaired) electrons. The molecule has 37 heteroatoms. The zero-order valence-corrected chi connectivity index (χ0v) is 58.9. The van der Waals surface area contributed by atoms with Gasteiger partial charge in [0.25, 0.3) is 0 Å². The van der Waals surface area contributed by atoms with E-state index in [0.717, 1.165) is 66.7 Å². The number of aromatic hydroxyl groups is 2. The van der Waals surface area contributed by atoms with E-state index in [1.165, 1.54) is 19.1 Å². The van der Waals surface area contributed by atoms with E-state index in [2.05, 4.69) is 43.8 Å². The number of carboxylic acid groups (broad SMARTS) is 2. The van der Waals surface area contributed by atoms with Crippen molar-refractivity contribution in [2.45, 2.75) is 148 Å². The average molecular weight is 1560 g/mol. The molecule has 5 aromatic rings. The fraction of sp³-hybridized carbons (Fsp3) is 0.389. The number of fused-ring (bicyclic) bond motifs is 15. The Balaban J connectivity index is 1.15. The van der Waals surface area contributed by atoms with Gasteiger partial charge in [0.1, 0.15) is 144 Å². The average Bonchev–Trinajstić information content (AvgIpc) is 0.765. The fourth-order valence-corrected chi connectivity index (χ4v) is 14.3. The number of phenols is 2. The van der Waals surface area contributed by atoms with Crippen LogP contribution >= 0.6 is 23.2 Å². The molecule has 13 rings (SSSR count). The van der Waals surface area contributed by atoms with Gasteiger partial charge in [0, 0.05) is 30.6 Å². The van der Waals surface area contributed by atoms with Gasteiger partial charge in [-0.25, -0.2) is 4.79 Å². The van der Waals surface area contributed by atoms with Gasteiger partial charge < -0.3 is 138 Å². The lowest BCUT2D eigenvalue weighted by Gasteiger charge is -2.51. The Morgan fingerprint density at radius 1 is 0.697 bits per heavy atom. The van der Waals surface area contributed by atoms with Crippen LogP contribution in [0.5, 0.6) is 40.2 Å². The van der Waals surface area contributed by atoms with Crippen molar-refractivity contribution in [2.75, 3.05) is 26.4 Å². The molecule has 19 unspecified atom stereocenters. The number of carboxylic acids is 2. The van der Waals surface area contributed by atoms with E-state index in [4.69, 9.17) is 57.4 Å². The van der Waals surface area contributed by atoms with Gasteiger partial charge >= 0.3 is 11.9 Å². The van der Waals surface area contributed by atoms with E-state index < -0.39 is 274 Å². The third-order valence-electron chi connectivity index (χ3n) is 19.5. The predicted octanol–water partition coefficient (Wildman–Crippen LogP) is -0.0940. The van der Waals surface area contributed by atoms with Gasteiger partial charge in [-0.05, 0) is 107 Å². The van der Waals surface area contributed by atoms with Gasteiger partial charge in [-0.2, -0.15) is 0 Å². The zero-order chi connectivity index (χ0) is 78.8. The number of ether oxygens (including phenoxy) is 6. The number of carbonyl (C=O) groups excluding carboxylic acids is 6. The number of hydrogen-bond acceptors (Lipinski definition) is 27.